The molecule has 0 radical (unpaired) electrons. The molecule has 290 valence electrons. The highest BCUT2D eigenvalue weighted by Gasteiger charge is 2.52. The van der Waals surface area contributed by atoms with Crippen molar-refractivity contribution in [2.75, 3.05) is 0 Å². The van der Waals surface area contributed by atoms with Crippen molar-refractivity contribution in [1.82, 2.24) is 8.80 Å². The smallest absolute Gasteiger partial charge is 0.197 e. The normalized spacial score (nSPS) is 30.6. The molecule has 4 atom stereocenters. The standard InChI is InChI=1S/C56H46N4/c1-55(2)44-35(22-57)36-27-14-23-12-24(15-27)17-28(16-23)37(36)40-31-8-6-11-34-43-46-54-42(45(55)53(43)59(49(31)34)51(40)44)33-10-7-9-32-41-38-29-18-25-13-26(19-29)21-30(20-25)39(38)48(58-5)47(56(46,3)4)52(41)60(54)50(32)33/h6-11,23-30H,12-21H2,1-4H3. The predicted octanol–water partition coefficient (Wildman–Crippen LogP) is 14.5. The van der Waals surface area contributed by atoms with Gasteiger partial charge in [0.25, 0.3) is 0 Å². The summed E-state index contributed by atoms with van der Waals surface area (Å²) in [6, 6.07) is 17.5. The van der Waals surface area contributed by atoms with Gasteiger partial charge >= 0.3 is 0 Å². The molecule has 0 saturated heterocycles. The number of rotatable bonds is 0. The number of fused-ring (bicyclic) bond motifs is 6. The van der Waals surface area contributed by atoms with Gasteiger partial charge in [0.1, 0.15) is 0 Å². The van der Waals surface area contributed by atoms with E-state index in [9.17, 15) is 11.8 Å². The van der Waals surface area contributed by atoms with Crippen molar-refractivity contribution in [3.63, 3.8) is 0 Å². The van der Waals surface area contributed by atoms with E-state index < -0.39 is 10.8 Å². The van der Waals surface area contributed by atoms with Crippen LogP contribution in [0, 0.1) is 41.6 Å². The summed E-state index contributed by atoms with van der Waals surface area (Å²) in [5, 5.41) is 22.9. The van der Waals surface area contributed by atoms with Gasteiger partial charge in [0.05, 0.1) is 45.8 Å². The molecule has 0 spiro atoms. The third-order valence-electron chi connectivity index (χ3n) is 19.6. The van der Waals surface area contributed by atoms with Crippen LogP contribution in [0.3, 0.4) is 0 Å². The van der Waals surface area contributed by atoms with E-state index in [1.807, 2.05) is 0 Å². The number of aromatic nitrogens is 2. The monoisotopic (exact) mass is 774 g/mol. The lowest BCUT2D eigenvalue weighted by molar-refractivity contribution is 0.166. The first kappa shape index (κ1) is 31.5. The third-order valence-corrected chi connectivity index (χ3v) is 19.6. The lowest BCUT2D eigenvalue weighted by atomic mass is 9.65. The molecule has 0 N–H and O–H groups in total. The van der Waals surface area contributed by atoms with Crippen LogP contribution in [-0.4, -0.2) is 8.80 Å². The first-order valence-corrected chi connectivity index (χ1v) is 23.6. The Kier molecular flexibility index (Phi) is 4.88. The van der Waals surface area contributed by atoms with E-state index in [4.69, 9.17) is 4.85 Å². The van der Waals surface area contributed by atoms with Gasteiger partial charge in [0.15, 0.2) is 5.69 Å². The molecular formula is C56H46N4. The molecular weight excluding hydrogens is 729 g/mol. The Bertz CT molecular complexity index is 3480. The highest BCUT2D eigenvalue weighted by molar-refractivity contribution is 6.35. The summed E-state index contributed by atoms with van der Waals surface area (Å²) in [5.74, 6) is 5.21. The molecule has 2 aliphatic heterocycles. The Morgan fingerprint density at radius 3 is 1.35 bits per heavy atom. The van der Waals surface area contributed by atoms with Crippen LogP contribution < -0.4 is 0 Å². The molecule has 4 aromatic heterocycles. The highest BCUT2D eigenvalue weighted by Crippen LogP contribution is 2.68. The average molecular weight is 775 g/mol. The Hall–Kier alpha value is -5.32. The number of nitriles is 1. The summed E-state index contributed by atoms with van der Waals surface area (Å²) in [4.78, 5) is 4.73. The second kappa shape index (κ2) is 9.28. The summed E-state index contributed by atoms with van der Waals surface area (Å²) < 4.78 is 5.44. The van der Waals surface area contributed by atoms with Gasteiger partial charge in [-0.05, 0) is 150 Å². The number of hydrogen-bond donors (Lipinski definition) is 0. The summed E-state index contributed by atoms with van der Waals surface area (Å²) in [6.07, 6.45) is 13.0. The Labute approximate surface area is 348 Å². The molecule has 4 fully saturated rings. The van der Waals surface area contributed by atoms with Crippen LogP contribution in [0.2, 0.25) is 0 Å². The second-order valence-electron chi connectivity index (χ2n) is 22.9. The average Bonchev–Trinajstić information content (AvgIpc) is 3.89. The Morgan fingerprint density at radius 2 is 0.883 bits per heavy atom. The summed E-state index contributed by atoms with van der Waals surface area (Å²) in [6.45, 7) is 19.1. The van der Waals surface area contributed by atoms with Crippen molar-refractivity contribution >= 4 is 81.9 Å². The molecule has 8 bridgehead atoms. The zero-order chi connectivity index (χ0) is 39.4. The Balaban J connectivity index is 1.14. The lowest BCUT2D eigenvalue weighted by Crippen LogP contribution is -2.29. The SMILES string of the molecule is [C-]#[N+]c1c2c(c3c4cccc5c6c7c8c(c9c6n(c3c1C9(C)C)c45)c1cccc3c4c5c(c(C#N)c(c4n8c31)C7(C)C)C1CC3CC(C1)CC5C3)C1CC3CC(CC2C3)C1. The summed E-state index contributed by atoms with van der Waals surface area (Å²) in [5.41, 5.74) is 20.8. The van der Waals surface area contributed by atoms with E-state index in [0.717, 1.165) is 34.9 Å². The minimum absolute atomic E-state index is 0.411. The molecule has 6 heterocycles. The molecule has 9 aromatic rings. The predicted molar refractivity (Wildman–Crippen MR) is 242 cm³/mol. The van der Waals surface area contributed by atoms with Crippen molar-refractivity contribution in [2.24, 2.45) is 23.7 Å². The van der Waals surface area contributed by atoms with Gasteiger partial charge in [-0.1, -0.05) is 64.1 Å². The van der Waals surface area contributed by atoms with Crippen molar-refractivity contribution < 1.29 is 0 Å². The highest BCUT2D eigenvalue weighted by atomic mass is 15.0. The maximum absolute atomic E-state index is 11.7. The zero-order valence-electron chi connectivity index (χ0n) is 34.9. The summed E-state index contributed by atoms with van der Waals surface area (Å²) >= 11 is 0. The molecule has 4 saturated carbocycles. The molecule has 0 amide bonds. The van der Waals surface area contributed by atoms with E-state index in [1.165, 1.54) is 174 Å². The number of nitrogens with zero attached hydrogens (tertiary/aromatic N) is 4. The third kappa shape index (κ3) is 2.94. The van der Waals surface area contributed by atoms with Gasteiger partial charge in [0.2, 0.25) is 0 Å². The van der Waals surface area contributed by atoms with E-state index in [2.05, 4.69) is 79.0 Å². The van der Waals surface area contributed by atoms with Crippen LogP contribution in [0.4, 0.5) is 5.69 Å². The largest absolute Gasteiger partial charge is 0.309 e. The van der Waals surface area contributed by atoms with Gasteiger partial charge in [-0.2, -0.15) is 5.26 Å². The first-order valence-electron chi connectivity index (χ1n) is 23.6. The van der Waals surface area contributed by atoms with Crippen molar-refractivity contribution in [3.8, 4) is 6.07 Å². The van der Waals surface area contributed by atoms with Crippen molar-refractivity contribution in [2.45, 2.75) is 126 Å². The van der Waals surface area contributed by atoms with E-state index in [0.29, 0.717) is 23.7 Å². The van der Waals surface area contributed by atoms with Crippen molar-refractivity contribution in [3.05, 3.63) is 97.9 Å². The number of hydrogen-bond acceptors (Lipinski definition) is 1. The molecule has 4 heteroatoms. The quantitative estimate of drug-likeness (QED) is 0.141. The summed E-state index contributed by atoms with van der Waals surface area (Å²) in [7, 11) is 0. The van der Waals surface area contributed by atoms with Gasteiger partial charge in [0, 0.05) is 65.0 Å². The van der Waals surface area contributed by atoms with Crippen molar-refractivity contribution in [1.29, 1.82) is 5.26 Å². The first-order chi connectivity index (χ1) is 29.2. The molecule has 4 unspecified atom stereocenters. The minimum atomic E-state index is -0.416. The van der Waals surface area contributed by atoms with Gasteiger partial charge < -0.3 is 8.80 Å². The fourth-order valence-corrected chi connectivity index (χ4v) is 18.5. The molecule has 4 nitrogen and oxygen atoms in total. The Morgan fingerprint density at radius 1 is 0.500 bits per heavy atom. The molecule has 8 aliphatic carbocycles. The van der Waals surface area contributed by atoms with Crippen LogP contribution in [0.1, 0.15) is 166 Å². The molecule has 10 aliphatic rings. The van der Waals surface area contributed by atoms with Crippen LogP contribution >= 0.6 is 0 Å². The number of benzene rings is 5. The van der Waals surface area contributed by atoms with Crippen LogP contribution in [0.5, 0.6) is 0 Å². The van der Waals surface area contributed by atoms with Crippen LogP contribution in [0.25, 0.3) is 81.0 Å². The zero-order valence-corrected chi connectivity index (χ0v) is 34.9. The van der Waals surface area contributed by atoms with Gasteiger partial charge in [-0.25, -0.2) is 4.85 Å². The molecule has 19 rings (SSSR count). The second-order valence-corrected chi connectivity index (χ2v) is 22.9. The fourth-order valence-electron chi connectivity index (χ4n) is 18.5. The minimum Gasteiger partial charge on any atom is -0.309 e. The molecule has 5 aromatic carbocycles. The van der Waals surface area contributed by atoms with E-state index in [-0.39, 0.29) is 0 Å². The van der Waals surface area contributed by atoms with Gasteiger partial charge in [-0.15, -0.1) is 0 Å². The topological polar surface area (TPSA) is 37.0 Å². The van der Waals surface area contributed by atoms with E-state index in [1.54, 1.807) is 11.1 Å². The fraction of sp³-hybridized carbons (Fsp3) is 0.429. The lowest BCUT2D eigenvalue weighted by Gasteiger charge is -2.39. The maximum atomic E-state index is 11.7. The maximum Gasteiger partial charge on any atom is 0.197 e. The van der Waals surface area contributed by atoms with Crippen LogP contribution in [-0.2, 0) is 10.8 Å². The van der Waals surface area contributed by atoms with E-state index >= 15 is 0 Å². The van der Waals surface area contributed by atoms with Crippen LogP contribution in [0.15, 0.2) is 36.4 Å². The number of para-hydroxylation sites is 2. The van der Waals surface area contributed by atoms with Gasteiger partial charge in [-0.3, -0.25) is 0 Å². The molecule has 60 heavy (non-hydrogen) atoms.